The van der Waals surface area contributed by atoms with Crippen LogP contribution in [0.25, 0.3) is 10.9 Å². The van der Waals surface area contributed by atoms with E-state index < -0.39 is 5.91 Å². The number of fused-ring (bicyclic) bond motifs is 1. The molecule has 1 aliphatic rings. The molecule has 1 aliphatic carbocycles. The first kappa shape index (κ1) is 24.9. The van der Waals surface area contributed by atoms with Crippen LogP contribution in [0.1, 0.15) is 48.8 Å². The van der Waals surface area contributed by atoms with Crippen molar-refractivity contribution in [2.45, 2.75) is 51.6 Å². The second-order valence-corrected chi connectivity index (χ2v) is 6.96. The van der Waals surface area contributed by atoms with Crippen molar-refractivity contribution in [2.24, 2.45) is 0 Å². The molecule has 29 heavy (non-hydrogen) atoms. The topological polar surface area (TPSA) is 112 Å². The number of carbonyl (C=O) groups is 1. The number of amidine groups is 1. The maximum Gasteiger partial charge on any atom is 0.312 e. The van der Waals surface area contributed by atoms with Gasteiger partial charge in [-0.15, -0.1) is 24.8 Å². The van der Waals surface area contributed by atoms with Crippen LogP contribution >= 0.6 is 24.8 Å². The number of amides is 1. The Labute approximate surface area is 182 Å². The molecule has 0 saturated heterocycles. The van der Waals surface area contributed by atoms with Crippen molar-refractivity contribution in [2.75, 3.05) is 12.4 Å². The summed E-state index contributed by atoms with van der Waals surface area (Å²) in [5.41, 5.74) is 4.06. The summed E-state index contributed by atoms with van der Waals surface area (Å²) in [6, 6.07) is 6.14. The van der Waals surface area contributed by atoms with Crippen molar-refractivity contribution in [1.29, 1.82) is 5.41 Å². The Bertz CT molecular complexity index is 864. The Morgan fingerprint density at radius 1 is 1.17 bits per heavy atom. The molecule has 2 atom stereocenters. The highest BCUT2D eigenvalue weighted by Crippen LogP contribution is 2.27. The molecule has 8 nitrogen and oxygen atoms in total. The summed E-state index contributed by atoms with van der Waals surface area (Å²) in [4.78, 5) is 25.7. The van der Waals surface area contributed by atoms with Crippen molar-refractivity contribution in [3.63, 3.8) is 0 Å². The van der Waals surface area contributed by atoms with E-state index in [0.717, 1.165) is 36.6 Å². The molecule has 0 spiro atoms. The molecule has 0 bridgehead atoms. The summed E-state index contributed by atoms with van der Waals surface area (Å²) in [7, 11) is 1.37. The molecular formula is C19H28Cl2N6O2. The van der Waals surface area contributed by atoms with Gasteiger partial charge in [0.05, 0.1) is 18.5 Å². The lowest BCUT2D eigenvalue weighted by atomic mass is 9.90. The minimum atomic E-state index is -0.489. The van der Waals surface area contributed by atoms with Crippen LogP contribution in [-0.2, 0) is 4.84 Å². The minimum absolute atomic E-state index is 0. The van der Waals surface area contributed by atoms with Crippen molar-refractivity contribution < 1.29 is 9.63 Å². The van der Waals surface area contributed by atoms with E-state index in [1.54, 1.807) is 6.92 Å². The van der Waals surface area contributed by atoms with Crippen LogP contribution in [0.4, 0.5) is 5.82 Å². The molecule has 1 amide bonds. The predicted molar refractivity (Wildman–Crippen MR) is 119 cm³/mol. The van der Waals surface area contributed by atoms with E-state index >= 15 is 0 Å². The highest BCUT2D eigenvalue weighted by Gasteiger charge is 2.26. The molecule has 0 aliphatic heterocycles. The molecule has 0 unspecified atom stereocenters. The molecule has 3 rings (SSSR count). The summed E-state index contributed by atoms with van der Waals surface area (Å²) in [6.07, 6.45) is 4.22. The quantitative estimate of drug-likeness (QED) is 0.320. The number of hydrogen-bond donors (Lipinski definition) is 4. The number of nitrogens with one attached hydrogen (secondary N) is 4. The van der Waals surface area contributed by atoms with Gasteiger partial charge in [0.2, 0.25) is 5.82 Å². The van der Waals surface area contributed by atoms with Gasteiger partial charge in [0.25, 0.3) is 0 Å². The molecule has 2 aromatic rings. The van der Waals surface area contributed by atoms with Gasteiger partial charge in [-0.2, -0.15) is 0 Å². The van der Waals surface area contributed by atoms with E-state index in [0.29, 0.717) is 17.2 Å². The van der Waals surface area contributed by atoms with Gasteiger partial charge in [-0.25, -0.2) is 15.4 Å². The van der Waals surface area contributed by atoms with Gasteiger partial charge in [-0.3, -0.25) is 15.0 Å². The molecule has 10 heteroatoms. The second kappa shape index (κ2) is 11.1. The average Bonchev–Trinajstić information content (AvgIpc) is 2.63. The average molecular weight is 443 g/mol. The fourth-order valence-corrected chi connectivity index (χ4v) is 3.52. The molecule has 1 saturated carbocycles. The van der Waals surface area contributed by atoms with Crippen LogP contribution < -0.4 is 16.1 Å². The molecule has 1 heterocycles. The molecule has 4 N–H and O–H groups in total. The molecule has 160 valence electrons. The maximum absolute atomic E-state index is 12.2. The summed E-state index contributed by atoms with van der Waals surface area (Å²) in [5.74, 6) is 0.652. The summed E-state index contributed by atoms with van der Waals surface area (Å²) in [6.45, 7) is 3.76. The van der Waals surface area contributed by atoms with Crippen LogP contribution in [0.5, 0.6) is 0 Å². The van der Waals surface area contributed by atoms with E-state index in [-0.39, 0.29) is 42.7 Å². The minimum Gasteiger partial charge on any atom is -0.369 e. The zero-order valence-corrected chi connectivity index (χ0v) is 18.4. The SMILES string of the molecule is CONC(=O)c1nc(N[C@H]2CCCC[C@H]2NC(C)=N)c2cc(C)ccc2n1.Cl.Cl. The summed E-state index contributed by atoms with van der Waals surface area (Å²) < 4.78 is 0. The molecule has 1 aromatic carbocycles. The Balaban J connectivity index is 0.00000210. The molecule has 1 fully saturated rings. The van der Waals surface area contributed by atoms with E-state index in [2.05, 4.69) is 26.1 Å². The van der Waals surface area contributed by atoms with Crippen LogP contribution in [0.2, 0.25) is 0 Å². The molecular weight excluding hydrogens is 415 g/mol. The van der Waals surface area contributed by atoms with Crippen molar-refractivity contribution in [1.82, 2.24) is 20.8 Å². The fourth-order valence-electron chi connectivity index (χ4n) is 3.52. The lowest BCUT2D eigenvalue weighted by molar-refractivity contribution is 0.0527. The van der Waals surface area contributed by atoms with E-state index in [1.807, 2.05) is 25.1 Å². The number of aromatic nitrogens is 2. The number of aryl methyl sites for hydroxylation is 1. The highest BCUT2D eigenvalue weighted by molar-refractivity contribution is 5.96. The first-order valence-corrected chi connectivity index (χ1v) is 9.18. The van der Waals surface area contributed by atoms with Gasteiger partial charge in [0.1, 0.15) is 5.82 Å². The molecule has 0 radical (unpaired) electrons. The van der Waals surface area contributed by atoms with E-state index in [4.69, 9.17) is 10.2 Å². The van der Waals surface area contributed by atoms with Gasteiger partial charge < -0.3 is 10.6 Å². The zero-order chi connectivity index (χ0) is 19.4. The van der Waals surface area contributed by atoms with Crippen LogP contribution in [0.3, 0.4) is 0 Å². The Kier molecular flexibility index (Phi) is 9.55. The van der Waals surface area contributed by atoms with E-state index in [1.165, 1.54) is 7.11 Å². The Morgan fingerprint density at radius 2 is 1.86 bits per heavy atom. The normalized spacial score (nSPS) is 18.2. The van der Waals surface area contributed by atoms with Crippen molar-refractivity contribution >= 4 is 53.3 Å². The maximum atomic E-state index is 12.2. The number of hydroxylamine groups is 1. The van der Waals surface area contributed by atoms with Gasteiger partial charge in [-0.05, 0) is 38.8 Å². The number of hydrogen-bond acceptors (Lipinski definition) is 6. The monoisotopic (exact) mass is 442 g/mol. The summed E-state index contributed by atoms with van der Waals surface area (Å²) in [5, 5.41) is 15.4. The third kappa shape index (κ3) is 6.16. The van der Waals surface area contributed by atoms with Gasteiger partial charge >= 0.3 is 5.91 Å². The van der Waals surface area contributed by atoms with Crippen molar-refractivity contribution in [3.05, 3.63) is 29.6 Å². The lowest BCUT2D eigenvalue weighted by Gasteiger charge is -2.33. The van der Waals surface area contributed by atoms with Gasteiger partial charge in [-0.1, -0.05) is 24.5 Å². The van der Waals surface area contributed by atoms with Gasteiger partial charge in [0, 0.05) is 17.5 Å². The number of carbonyl (C=O) groups excluding carboxylic acids is 1. The number of anilines is 1. The standard InChI is InChI=1S/C19H26N6O2.2ClH/c1-11-8-9-14-13(10-11)17(24-18(22-14)19(26)25-27-3)23-16-7-5-4-6-15(16)21-12(2)20;;/h8-10,15-16H,4-7H2,1-3H3,(H2,20,21)(H,25,26)(H,22,23,24);2*1H/t15-,16+;;/m1../s1. The van der Waals surface area contributed by atoms with Gasteiger partial charge in [0.15, 0.2) is 0 Å². The third-order valence-electron chi connectivity index (χ3n) is 4.74. The largest absolute Gasteiger partial charge is 0.369 e. The highest BCUT2D eigenvalue weighted by atomic mass is 35.5. The fraction of sp³-hybridized carbons (Fsp3) is 0.474. The smallest absolute Gasteiger partial charge is 0.312 e. The third-order valence-corrected chi connectivity index (χ3v) is 4.74. The van der Waals surface area contributed by atoms with Crippen LogP contribution in [0.15, 0.2) is 18.2 Å². The van der Waals surface area contributed by atoms with Crippen LogP contribution in [0, 0.1) is 12.3 Å². The Morgan fingerprint density at radius 3 is 2.52 bits per heavy atom. The molecule has 1 aromatic heterocycles. The first-order chi connectivity index (χ1) is 13.0. The Hall–Kier alpha value is -2.16. The number of benzene rings is 1. The number of nitrogens with zero attached hydrogens (tertiary/aromatic N) is 2. The van der Waals surface area contributed by atoms with E-state index in [9.17, 15) is 4.79 Å². The number of rotatable bonds is 5. The van der Waals surface area contributed by atoms with Crippen molar-refractivity contribution in [3.8, 4) is 0 Å². The predicted octanol–water partition coefficient (Wildman–Crippen LogP) is 3.38. The zero-order valence-electron chi connectivity index (χ0n) is 16.7. The second-order valence-electron chi connectivity index (χ2n) is 6.96. The summed E-state index contributed by atoms with van der Waals surface area (Å²) >= 11 is 0. The number of halogens is 2. The van der Waals surface area contributed by atoms with Crippen LogP contribution in [-0.4, -0.2) is 40.9 Å². The lowest BCUT2D eigenvalue weighted by Crippen LogP contribution is -2.48. The first-order valence-electron chi connectivity index (χ1n) is 9.18.